The smallest absolute Gasteiger partial charge is 0.311 e. The summed E-state index contributed by atoms with van der Waals surface area (Å²) in [4.78, 5) is 10.0. The average molecular weight is 179 g/mol. The third-order valence-electron chi connectivity index (χ3n) is 1.39. The largest absolute Gasteiger partial charge is 0.458 e. The lowest BCUT2D eigenvalue weighted by molar-refractivity contribution is -0.385. The van der Waals surface area contributed by atoms with Crippen LogP contribution in [0.3, 0.4) is 0 Å². The average Bonchev–Trinajstić information content (AvgIpc) is 2.15. The SMILES string of the molecule is CC=COc1ccccc1[N+](=O)[O-]. The number of benzene rings is 1. The number of allylic oxidation sites excluding steroid dienone is 1. The molecule has 0 amide bonds. The zero-order valence-electron chi connectivity index (χ0n) is 7.14. The van der Waals surface area contributed by atoms with E-state index in [1.54, 1.807) is 31.2 Å². The monoisotopic (exact) mass is 179 g/mol. The molecule has 1 aromatic carbocycles. The van der Waals surface area contributed by atoms with Crippen molar-refractivity contribution in [3.63, 3.8) is 0 Å². The van der Waals surface area contributed by atoms with Gasteiger partial charge in [0.1, 0.15) is 0 Å². The normalized spacial score (nSPS) is 10.2. The van der Waals surface area contributed by atoms with E-state index in [0.29, 0.717) is 0 Å². The van der Waals surface area contributed by atoms with Crippen molar-refractivity contribution in [1.29, 1.82) is 0 Å². The zero-order valence-corrected chi connectivity index (χ0v) is 7.14. The van der Waals surface area contributed by atoms with Crippen LogP contribution in [0.4, 0.5) is 5.69 Å². The van der Waals surface area contributed by atoms with Crippen molar-refractivity contribution in [1.82, 2.24) is 0 Å². The van der Waals surface area contributed by atoms with Crippen LogP contribution in [0.1, 0.15) is 6.92 Å². The van der Waals surface area contributed by atoms with Crippen molar-refractivity contribution in [2.75, 3.05) is 0 Å². The number of ether oxygens (including phenoxy) is 1. The molecule has 0 saturated heterocycles. The molecule has 4 nitrogen and oxygen atoms in total. The summed E-state index contributed by atoms with van der Waals surface area (Å²) in [5, 5.41) is 10.5. The van der Waals surface area contributed by atoms with Gasteiger partial charge in [-0.3, -0.25) is 10.1 Å². The highest BCUT2D eigenvalue weighted by Gasteiger charge is 2.11. The number of rotatable bonds is 3. The van der Waals surface area contributed by atoms with Gasteiger partial charge in [-0.05, 0) is 13.0 Å². The van der Waals surface area contributed by atoms with Crippen molar-refractivity contribution in [3.05, 3.63) is 46.7 Å². The fourth-order valence-electron chi connectivity index (χ4n) is 0.849. The van der Waals surface area contributed by atoms with Crippen molar-refractivity contribution in [2.45, 2.75) is 6.92 Å². The molecule has 0 aliphatic carbocycles. The van der Waals surface area contributed by atoms with Crippen molar-refractivity contribution in [3.8, 4) is 5.75 Å². The molecule has 4 heteroatoms. The van der Waals surface area contributed by atoms with E-state index in [0.717, 1.165) is 0 Å². The molecule has 0 aliphatic rings. The van der Waals surface area contributed by atoms with Gasteiger partial charge in [-0.25, -0.2) is 0 Å². The quantitative estimate of drug-likeness (QED) is 0.407. The van der Waals surface area contributed by atoms with E-state index in [1.165, 1.54) is 12.3 Å². The highest BCUT2D eigenvalue weighted by molar-refractivity contribution is 5.45. The summed E-state index contributed by atoms with van der Waals surface area (Å²) in [5.74, 6) is 0.255. The summed E-state index contributed by atoms with van der Waals surface area (Å²) in [6.07, 6.45) is 3.07. The highest BCUT2D eigenvalue weighted by atomic mass is 16.6. The zero-order chi connectivity index (χ0) is 9.68. The van der Waals surface area contributed by atoms with Gasteiger partial charge in [-0.1, -0.05) is 18.2 Å². The Hall–Kier alpha value is -1.84. The maximum absolute atomic E-state index is 10.5. The molecule has 1 aromatic rings. The summed E-state index contributed by atoms with van der Waals surface area (Å²) in [6.45, 7) is 1.77. The van der Waals surface area contributed by atoms with Crippen LogP contribution in [-0.2, 0) is 0 Å². The first-order valence-electron chi connectivity index (χ1n) is 3.77. The van der Waals surface area contributed by atoms with Gasteiger partial charge in [0.15, 0.2) is 0 Å². The van der Waals surface area contributed by atoms with Crippen LogP contribution < -0.4 is 4.74 Å². The second-order valence-electron chi connectivity index (χ2n) is 2.31. The summed E-state index contributed by atoms with van der Waals surface area (Å²) < 4.78 is 5.03. The fourth-order valence-corrected chi connectivity index (χ4v) is 0.849. The summed E-state index contributed by atoms with van der Waals surface area (Å²) in [5.41, 5.74) is -0.0272. The summed E-state index contributed by atoms with van der Waals surface area (Å²) in [7, 11) is 0. The lowest BCUT2D eigenvalue weighted by Crippen LogP contribution is -1.91. The van der Waals surface area contributed by atoms with Gasteiger partial charge in [-0.15, -0.1) is 0 Å². The Labute approximate surface area is 75.6 Å². The molecular formula is C9H9NO3. The van der Waals surface area contributed by atoms with Gasteiger partial charge < -0.3 is 4.74 Å². The molecule has 0 fully saturated rings. The minimum absolute atomic E-state index is 0.0272. The van der Waals surface area contributed by atoms with Crippen LogP contribution in [0, 0.1) is 10.1 Å². The van der Waals surface area contributed by atoms with Crippen LogP contribution in [-0.4, -0.2) is 4.92 Å². The predicted octanol–water partition coefficient (Wildman–Crippen LogP) is 2.51. The van der Waals surface area contributed by atoms with Gasteiger partial charge in [-0.2, -0.15) is 0 Å². The topological polar surface area (TPSA) is 52.4 Å². The van der Waals surface area contributed by atoms with E-state index >= 15 is 0 Å². The first kappa shape index (κ1) is 9.25. The van der Waals surface area contributed by atoms with Gasteiger partial charge in [0.25, 0.3) is 0 Å². The highest BCUT2D eigenvalue weighted by Crippen LogP contribution is 2.25. The van der Waals surface area contributed by atoms with Crippen LogP contribution in [0.25, 0.3) is 0 Å². The van der Waals surface area contributed by atoms with Gasteiger partial charge in [0.05, 0.1) is 11.2 Å². The third-order valence-corrected chi connectivity index (χ3v) is 1.39. The molecule has 1 rings (SSSR count). The molecule has 0 aromatic heterocycles. The second-order valence-corrected chi connectivity index (χ2v) is 2.31. The minimum atomic E-state index is -0.473. The first-order chi connectivity index (χ1) is 6.25. The number of nitro groups is 1. The number of nitro benzene ring substituents is 1. The molecule has 0 unspecified atom stereocenters. The predicted molar refractivity (Wildman–Crippen MR) is 48.5 cm³/mol. The standard InChI is InChI=1S/C9H9NO3/c1-2-7-13-9-6-4-3-5-8(9)10(11)12/h2-7H,1H3. The molecule has 0 saturated carbocycles. The molecule has 0 N–H and O–H groups in total. The lowest BCUT2D eigenvalue weighted by Gasteiger charge is -1.99. The van der Waals surface area contributed by atoms with E-state index in [9.17, 15) is 10.1 Å². The lowest BCUT2D eigenvalue weighted by atomic mass is 10.3. The molecule has 0 heterocycles. The van der Waals surface area contributed by atoms with E-state index in [4.69, 9.17) is 4.74 Å². The second kappa shape index (κ2) is 4.25. The number of para-hydroxylation sites is 2. The molecule has 0 atom stereocenters. The number of hydrogen-bond acceptors (Lipinski definition) is 3. The fraction of sp³-hybridized carbons (Fsp3) is 0.111. The Balaban J connectivity index is 2.97. The van der Waals surface area contributed by atoms with Gasteiger partial charge in [0.2, 0.25) is 5.75 Å². The molecule has 0 bridgehead atoms. The van der Waals surface area contributed by atoms with E-state index in [-0.39, 0.29) is 11.4 Å². The maximum Gasteiger partial charge on any atom is 0.311 e. The number of hydrogen-bond donors (Lipinski definition) is 0. The van der Waals surface area contributed by atoms with Crippen molar-refractivity contribution >= 4 is 5.69 Å². The molecule has 0 spiro atoms. The van der Waals surface area contributed by atoms with E-state index in [1.807, 2.05) is 0 Å². The van der Waals surface area contributed by atoms with Crippen molar-refractivity contribution < 1.29 is 9.66 Å². The molecule has 0 aliphatic heterocycles. The van der Waals surface area contributed by atoms with E-state index in [2.05, 4.69) is 0 Å². The Morgan fingerprint density at radius 1 is 1.46 bits per heavy atom. The first-order valence-corrected chi connectivity index (χ1v) is 3.77. The summed E-state index contributed by atoms with van der Waals surface area (Å²) >= 11 is 0. The Morgan fingerprint density at radius 2 is 2.15 bits per heavy atom. The third kappa shape index (κ3) is 2.30. The Kier molecular flexibility index (Phi) is 3.03. The number of nitrogens with zero attached hydrogens (tertiary/aromatic N) is 1. The Morgan fingerprint density at radius 3 is 2.77 bits per heavy atom. The minimum Gasteiger partial charge on any atom is -0.458 e. The van der Waals surface area contributed by atoms with Crippen LogP contribution >= 0.6 is 0 Å². The van der Waals surface area contributed by atoms with Gasteiger partial charge >= 0.3 is 5.69 Å². The molecule has 13 heavy (non-hydrogen) atoms. The molecule has 0 radical (unpaired) electrons. The van der Waals surface area contributed by atoms with Crippen LogP contribution in [0.5, 0.6) is 5.75 Å². The van der Waals surface area contributed by atoms with Crippen molar-refractivity contribution in [2.24, 2.45) is 0 Å². The maximum atomic E-state index is 10.5. The van der Waals surface area contributed by atoms with E-state index < -0.39 is 4.92 Å². The Bertz CT molecular complexity index is 333. The van der Waals surface area contributed by atoms with Gasteiger partial charge in [0, 0.05) is 6.07 Å². The van der Waals surface area contributed by atoms with Crippen LogP contribution in [0.2, 0.25) is 0 Å². The molecular weight excluding hydrogens is 170 g/mol. The summed E-state index contributed by atoms with van der Waals surface area (Å²) in [6, 6.07) is 6.24. The molecule has 68 valence electrons. The van der Waals surface area contributed by atoms with Crippen LogP contribution in [0.15, 0.2) is 36.6 Å².